The molecule has 1 aliphatic rings. The molecule has 0 aliphatic heterocycles. The summed E-state index contributed by atoms with van der Waals surface area (Å²) in [6.07, 6.45) is 2.62. The van der Waals surface area contributed by atoms with Gasteiger partial charge in [-0.25, -0.2) is 4.39 Å². The summed E-state index contributed by atoms with van der Waals surface area (Å²) in [7, 11) is 3.93. The average Bonchev–Trinajstić information content (AvgIpc) is 3.10. The number of benzene rings is 1. The summed E-state index contributed by atoms with van der Waals surface area (Å²) in [4.78, 5) is 2.19. The highest BCUT2D eigenvalue weighted by molar-refractivity contribution is 5.49. The molecule has 1 aliphatic carbocycles. The first-order valence-electron chi connectivity index (χ1n) is 6.28. The van der Waals surface area contributed by atoms with Crippen LogP contribution in [-0.2, 0) is 6.54 Å². The summed E-state index contributed by atoms with van der Waals surface area (Å²) in [5.41, 5.74) is 1.98. The molecule has 1 aromatic rings. The second kappa shape index (κ2) is 5.05. The molecule has 17 heavy (non-hydrogen) atoms. The lowest BCUT2D eigenvalue weighted by Gasteiger charge is -2.27. The van der Waals surface area contributed by atoms with Gasteiger partial charge in [0.25, 0.3) is 0 Å². The number of rotatable bonds is 5. The minimum Gasteiger partial charge on any atom is -0.372 e. The molecule has 1 saturated carbocycles. The van der Waals surface area contributed by atoms with Gasteiger partial charge < -0.3 is 10.2 Å². The normalized spacial score (nSPS) is 16.9. The van der Waals surface area contributed by atoms with Crippen LogP contribution < -0.4 is 10.2 Å². The van der Waals surface area contributed by atoms with E-state index in [4.69, 9.17) is 0 Å². The fraction of sp³-hybridized carbons (Fsp3) is 0.571. The molecule has 0 bridgehead atoms. The molecule has 0 saturated heterocycles. The van der Waals surface area contributed by atoms with E-state index in [0.29, 0.717) is 12.6 Å². The summed E-state index contributed by atoms with van der Waals surface area (Å²) in [6.45, 7) is 2.93. The zero-order valence-electron chi connectivity index (χ0n) is 10.8. The Morgan fingerprint density at radius 3 is 2.71 bits per heavy atom. The topological polar surface area (TPSA) is 15.3 Å². The highest BCUT2D eigenvalue weighted by Crippen LogP contribution is 2.36. The van der Waals surface area contributed by atoms with Crippen LogP contribution in [0.25, 0.3) is 0 Å². The van der Waals surface area contributed by atoms with Crippen LogP contribution in [0.1, 0.15) is 25.3 Å². The van der Waals surface area contributed by atoms with Gasteiger partial charge in [-0.2, -0.15) is 0 Å². The maximum absolute atomic E-state index is 13.5. The lowest BCUT2D eigenvalue weighted by atomic mass is 10.1. The van der Waals surface area contributed by atoms with E-state index >= 15 is 0 Å². The fourth-order valence-corrected chi connectivity index (χ4v) is 2.27. The fourth-order valence-electron chi connectivity index (χ4n) is 2.27. The van der Waals surface area contributed by atoms with E-state index in [9.17, 15) is 4.39 Å². The van der Waals surface area contributed by atoms with Gasteiger partial charge in [0.05, 0.1) is 0 Å². The largest absolute Gasteiger partial charge is 0.372 e. The highest BCUT2D eigenvalue weighted by Gasteiger charge is 2.30. The molecular formula is C14H21FN2. The van der Waals surface area contributed by atoms with Crippen LogP contribution in [0.4, 0.5) is 10.1 Å². The monoisotopic (exact) mass is 236 g/mol. The second-order valence-corrected chi connectivity index (χ2v) is 5.04. The summed E-state index contributed by atoms with van der Waals surface area (Å²) < 4.78 is 13.5. The molecule has 1 unspecified atom stereocenters. The van der Waals surface area contributed by atoms with Crippen LogP contribution >= 0.6 is 0 Å². The Hall–Kier alpha value is -1.09. The first-order valence-corrected chi connectivity index (χ1v) is 6.28. The Kier molecular flexibility index (Phi) is 3.67. The molecule has 1 fully saturated rings. The van der Waals surface area contributed by atoms with E-state index in [1.165, 1.54) is 12.8 Å². The third-order valence-corrected chi connectivity index (χ3v) is 3.65. The van der Waals surface area contributed by atoms with E-state index in [2.05, 4.69) is 30.3 Å². The Bertz CT molecular complexity index is 388. The van der Waals surface area contributed by atoms with Gasteiger partial charge in [-0.1, -0.05) is 0 Å². The Balaban J connectivity index is 2.18. The maximum Gasteiger partial charge on any atom is 0.125 e. The van der Waals surface area contributed by atoms with E-state index in [1.54, 1.807) is 12.1 Å². The number of halogens is 1. The van der Waals surface area contributed by atoms with Crippen LogP contribution in [0.15, 0.2) is 18.2 Å². The van der Waals surface area contributed by atoms with Crippen molar-refractivity contribution >= 4 is 5.69 Å². The molecule has 2 rings (SSSR count). The zero-order chi connectivity index (χ0) is 12.4. The molecule has 0 amide bonds. The SMILES string of the molecule is CNCc1cc(F)cc(N(C)C(C)C2CC2)c1. The Labute approximate surface area is 103 Å². The number of hydrogen-bond acceptors (Lipinski definition) is 2. The predicted molar refractivity (Wildman–Crippen MR) is 69.8 cm³/mol. The molecule has 1 atom stereocenters. The predicted octanol–water partition coefficient (Wildman–Crippen LogP) is 2.78. The van der Waals surface area contributed by atoms with E-state index in [1.807, 2.05) is 7.05 Å². The molecule has 0 radical (unpaired) electrons. The molecule has 1 N–H and O–H groups in total. The third-order valence-electron chi connectivity index (χ3n) is 3.65. The van der Waals surface area contributed by atoms with Gasteiger partial charge in [-0.05, 0) is 56.5 Å². The summed E-state index contributed by atoms with van der Waals surface area (Å²) in [6, 6.07) is 5.78. The molecule has 1 aromatic carbocycles. The van der Waals surface area contributed by atoms with Gasteiger partial charge in [0.1, 0.15) is 5.82 Å². The van der Waals surface area contributed by atoms with Crippen molar-refractivity contribution in [3.63, 3.8) is 0 Å². The van der Waals surface area contributed by atoms with Crippen molar-refractivity contribution in [2.24, 2.45) is 5.92 Å². The number of nitrogens with zero attached hydrogens (tertiary/aromatic N) is 1. The minimum atomic E-state index is -0.150. The summed E-state index contributed by atoms with van der Waals surface area (Å²) >= 11 is 0. The van der Waals surface area contributed by atoms with Crippen molar-refractivity contribution in [1.29, 1.82) is 0 Å². The van der Waals surface area contributed by atoms with Gasteiger partial charge in [0, 0.05) is 25.3 Å². The van der Waals surface area contributed by atoms with Gasteiger partial charge in [0.15, 0.2) is 0 Å². The van der Waals surface area contributed by atoms with Crippen LogP contribution in [0.5, 0.6) is 0 Å². The van der Waals surface area contributed by atoms with E-state index < -0.39 is 0 Å². The molecule has 0 aromatic heterocycles. The van der Waals surface area contributed by atoms with Crippen molar-refractivity contribution in [3.8, 4) is 0 Å². The smallest absolute Gasteiger partial charge is 0.125 e. The van der Waals surface area contributed by atoms with Gasteiger partial charge in [-0.15, -0.1) is 0 Å². The lowest BCUT2D eigenvalue weighted by molar-refractivity contribution is 0.598. The summed E-state index contributed by atoms with van der Waals surface area (Å²) in [5.74, 6) is 0.638. The van der Waals surface area contributed by atoms with Crippen molar-refractivity contribution in [3.05, 3.63) is 29.6 Å². The van der Waals surface area contributed by atoms with Gasteiger partial charge in [-0.3, -0.25) is 0 Å². The quantitative estimate of drug-likeness (QED) is 0.845. The highest BCUT2D eigenvalue weighted by atomic mass is 19.1. The number of nitrogens with one attached hydrogen (secondary N) is 1. The Morgan fingerprint density at radius 2 is 2.12 bits per heavy atom. The molecule has 2 nitrogen and oxygen atoms in total. The van der Waals surface area contributed by atoms with Crippen LogP contribution in [0, 0.1) is 11.7 Å². The lowest BCUT2D eigenvalue weighted by Crippen LogP contribution is -2.30. The van der Waals surface area contributed by atoms with Crippen molar-refractivity contribution in [2.45, 2.75) is 32.4 Å². The molecule has 0 heterocycles. The molecule has 94 valence electrons. The Morgan fingerprint density at radius 1 is 1.41 bits per heavy atom. The third kappa shape index (κ3) is 2.97. The van der Waals surface area contributed by atoms with Crippen LogP contribution in [0.3, 0.4) is 0 Å². The first kappa shape index (κ1) is 12.4. The zero-order valence-corrected chi connectivity index (χ0v) is 10.8. The van der Waals surface area contributed by atoms with Crippen LogP contribution in [-0.4, -0.2) is 20.1 Å². The van der Waals surface area contributed by atoms with E-state index in [-0.39, 0.29) is 5.82 Å². The number of hydrogen-bond donors (Lipinski definition) is 1. The summed E-state index contributed by atoms with van der Waals surface area (Å²) in [5, 5.41) is 3.06. The first-order chi connectivity index (χ1) is 8.11. The van der Waals surface area contributed by atoms with Crippen molar-refractivity contribution < 1.29 is 4.39 Å². The molecule has 3 heteroatoms. The standard InChI is InChI=1S/C14H21FN2/c1-10(12-4-5-12)17(3)14-7-11(9-16-2)6-13(15)8-14/h6-8,10,12,16H,4-5,9H2,1-3H3. The average molecular weight is 236 g/mol. The minimum absolute atomic E-state index is 0.150. The number of anilines is 1. The van der Waals surface area contributed by atoms with Gasteiger partial charge in [0.2, 0.25) is 0 Å². The van der Waals surface area contributed by atoms with Crippen molar-refractivity contribution in [2.75, 3.05) is 19.0 Å². The van der Waals surface area contributed by atoms with Crippen LogP contribution in [0.2, 0.25) is 0 Å². The molecule has 0 spiro atoms. The maximum atomic E-state index is 13.5. The van der Waals surface area contributed by atoms with E-state index in [0.717, 1.165) is 17.2 Å². The van der Waals surface area contributed by atoms with Gasteiger partial charge >= 0.3 is 0 Å². The second-order valence-electron chi connectivity index (χ2n) is 5.04. The van der Waals surface area contributed by atoms with Crippen molar-refractivity contribution in [1.82, 2.24) is 5.32 Å². The molecular weight excluding hydrogens is 215 g/mol.